The lowest BCUT2D eigenvalue weighted by atomic mass is 9.95. The minimum atomic E-state index is -0.130. The third-order valence-corrected chi connectivity index (χ3v) is 5.53. The van der Waals surface area contributed by atoms with Gasteiger partial charge >= 0.3 is 0 Å². The highest BCUT2D eigenvalue weighted by atomic mass is 19.1. The summed E-state index contributed by atoms with van der Waals surface area (Å²) in [5, 5.41) is 6.69. The molecule has 5 nitrogen and oxygen atoms in total. The number of nitrogens with one attached hydrogen (secondary N) is 2. The van der Waals surface area contributed by atoms with Crippen molar-refractivity contribution in [3.63, 3.8) is 0 Å². The minimum Gasteiger partial charge on any atom is -0.356 e. The fraction of sp³-hybridized carbons (Fsp3) is 0.304. The van der Waals surface area contributed by atoms with Crippen molar-refractivity contribution in [2.24, 2.45) is 4.99 Å². The van der Waals surface area contributed by atoms with Crippen LogP contribution in [0.2, 0.25) is 0 Å². The molecule has 0 atom stereocenters. The molecule has 3 aromatic rings. The maximum absolute atomic E-state index is 14.2. The number of rotatable bonds is 7. The molecule has 29 heavy (non-hydrogen) atoms. The second-order valence-electron chi connectivity index (χ2n) is 7.50. The van der Waals surface area contributed by atoms with E-state index in [-0.39, 0.29) is 11.2 Å². The van der Waals surface area contributed by atoms with Gasteiger partial charge in [-0.2, -0.15) is 0 Å². The summed E-state index contributed by atoms with van der Waals surface area (Å²) in [6, 6.07) is 17.4. The first-order valence-corrected chi connectivity index (χ1v) is 9.94. The van der Waals surface area contributed by atoms with Crippen LogP contribution < -0.4 is 10.6 Å². The van der Waals surface area contributed by atoms with Gasteiger partial charge in [0.1, 0.15) is 11.6 Å². The van der Waals surface area contributed by atoms with E-state index in [0.717, 1.165) is 30.8 Å². The fourth-order valence-corrected chi connectivity index (χ4v) is 3.65. The third-order valence-electron chi connectivity index (χ3n) is 5.53. The summed E-state index contributed by atoms with van der Waals surface area (Å²) in [6.45, 7) is 2.00. The molecule has 0 radical (unpaired) electrons. The molecular weight excluding hydrogens is 365 g/mol. The second kappa shape index (κ2) is 8.47. The Balaban J connectivity index is 1.34. The predicted octanol–water partition coefficient (Wildman–Crippen LogP) is 3.47. The molecule has 1 aromatic heterocycles. The first-order valence-electron chi connectivity index (χ1n) is 9.94. The first kappa shape index (κ1) is 19.2. The Bertz CT molecular complexity index is 976. The Morgan fingerprint density at radius 2 is 1.86 bits per heavy atom. The van der Waals surface area contributed by atoms with Crippen LogP contribution in [0.5, 0.6) is 0 Å². The number of imidazole rings is 1. The summed E-state index contributed by atoms with van der Waals surface area (Å²) < 4.78 is 16.3. The van der Waals surface area contributed by atoms with Gasteiger partial charge in [0.2, 0.25) is 0 Å². The van der Waals surface area contributed by atoms with Crippen LogP contribution in [0.15, 0.2) is 72.0 Å². The van der Waals surface area contributed by atoms with E-state index in [1.807, 2.05) is 42.7 Å². The predicted molar refractivity (Wildman–Crippen MR) is 113 cm³/mol. The van der Waals surface area contributed by atoms with Crippen LogP contribution in [0, 0.1) is 5.82 Å². The number of hydrogen-bond acceptors (Lipinski definition) is 2. The number of aromatic nitrogens is 2. The highest BCUT2D eigenvalue weighted by Crippen LogP contribution is 2.48. The van der Waals surface area contributed by atoms with Crippen molar-refractivity contribution in [3.05, 3.63) is 89.8 Å². The van der Waals surface area contributed by atoms with E-state index in [0.29, 0.717) is 19.0 Å². The number of guanidine groups is 1. The van der Waals surface area contributed by atoms with Crippen molar-refractivity contribution in [2.75, 3.05) is 13.6 Å². The summed E-state index contributed by atoms with van der Waals surface area (Å²) in [5.41, 5.74) is 1.89. The number of nitrogens with zero attached hydrogens (tertiary/aromatic N) is 3. The molecule has 1 saturated carbocycles. The summed E-state index contributed by atoms with van der Waals surface area (Å²) in [6.07, 6.45) is 5.77. The van der Waals surface area contributed by atoms with Crippen molar-refractivity contribution >= 4 is 5.96 Å². The second-order valence-corrected chi connectivity index (χ2v) is 7.50. The smallest absolute Gasteiger partial charge is 0.191 e. The van der Waals surface area contributed by atoms with E-state index < -0.39 is 0 Å². The minimum absolute atomic E-state index is 0.127. The van der Waals surface area contributed by atoms with Crippen molar-refractivity contribution in [3.8, 4) is 0 Å². The van der Waals surface area contributed by atoms with E-state index >= 15 is 0 Å². The van der Waals surface area contributed by atoms with Crippen molar-refractivity contribution in [1.29, 1.82) is 0 Å². The zero-order valence-corrected chi connectivity index (χ0v) is 16.6. The van der Waals surface area contributed by atoms with Crippen molar-refractivity contribution in [1.82, 2.24) is 20.2 Å². The SMILES string of the molecule is CN=C(NCc1nccn1Cc1ccccc1)NCC1(c2ccccc2F)CC1. The zero-order chi connectivity index (χ0) is 20.1. The van der Waals surface area contributed by atoms with Crippen LogP contribution in [0.25, 0.3) is 0 Å². The van der Waals surface area contributed by atoms with E-state index in [2.05, 4.69) is 37.3 Å². The molecule has 6 heteroatoms. The molecule has 1 aliphatic rings. The molecule has 2 aromatic carbocycles. The van der Waals surface area contributed by atoms with Crippen LogP contribution in [0.3, 0.4) is 0 Å². The maximum Gasteiger partial charge on any atom is 0.191 e. The largest absolute Gasteiger partial charge is 0.356 e. The average molecular weight is 391 g/mol. The monoisotopic (exact) mass is 391 g/mol. The Morgan fingerprint density at radius 3 is 2.59 bits per heavy atom. The Kier molecular flexibility index (Phi) is 5.60. The molecule has 2 N–H and O–H groups in total. The van der Waals surface area contributed by atoms with Gasteiger partial charge < -0.3 is 15.2 Å². The molecule has 0 bridgehead atoms. The standard InChI is InChI=1S/C23H26FN5/c1-25-22(28-17-23(11-12-23)19-9-5-6-10-20(19)24)27-15-21-26-13-14-29(21)16-18-7-3-2-4-8-18/h2-10,13-14H,11-12,15-17H2,1H3,(H2,25,27,28). The third kappa shape index (κ3) is 4.47. The topological polar surface area (TPSA) is 54.2 Å². The molecule has 0 unspecified atom stereocenters. The van der Waals surface area contributed by atoms with Gasteiger partial charge in [0.05, 0.1) is 6.54 Å². The molecule has 4 rings (SSSR count). The maximum atomic E-state index is 14.2. The Hall–Kier alpha value is -3.15. The van der Waals surface area contributed by atoms with E-state index in [1.54, 1.807) is 13.1 Å². The molecular formula is C23H26FN5. The van der Waals surface area contributed by atoms with Gasteiger partial charge in [-0.15, -0.1) is 0 Å². The first-order chi connectivity index (χ1) is 14.2. The Labute approximate surface area is 170 Å². The lowest BCUT2D eigenvalue weighted by molar-refractivity contribution is 0.559. The van der Waals surface area contributed by atoms with Crippen LogP contribution in [0.4, 0.5) is 4.39 Å². The molecule has 0 aliphatic heterocycles. The van der Waals surface area contributed by atoms with E-state index in [1.165, 1.54) is 11.6 Å². The van der Waals surface area contributed by atoms with Gasteiger partial charge in [-0.25, -0.2) is 9.37 Å². The zero-order valence-electron chi connectivity index (χ0n) is 16.6. The number of aliphatic imine (C=N–C) groups is 1. The van der Waals surface area contributed by atoms with E-state index in [4.69, 9.17) is 0 Å². The summed E-state index contributed by atoms with van der Waals surface area (Å²) >= 11 is 0. The normalized spacial score (nSPS) is 15.2. The lowest BCUT2D eigenvalue weighted by Crippen LogP contribution is -2.41. The molecule has 0 amide bonds. The molecule has 0 saturated heterocycles. The van der Waals surface area contributed by atoms with Crippen LogP contribution in [-0.2, 0) is 18.5 Å². The van der Waals surface area contributed by atoms with Crippen LogP contribution in [0.1, 0.15) is 29.8 Å². The number of hydrogen-bond donors (Lipinski definition) is 2. The fourth-order valence-electron chi connectivity index (χ4n) is 3.65. The molecule has 0 spiro atoms. The summed E-state index contributed by atoms with van der Waals surface area (Å²) in [4.78, 5) is 8.78. The lowest BCUT2D eigenvalue weighted by Gasteiger charge is -2.19. The van der Waals surface area contributed by atoms with Gasteiger partial charge in [-0.1, -0.05) is 48.5 Å². The number of benzene rings is 2. The van der Waals surface area contributed by atoms with Crippen molar-refractivity contribution in [2.45, 2.75) is 31.3 Å². The van der Waals surface area contributed by atoms with Gasteiger partial charge in [0.25, 0.3) is 0 Å². The van der Waals surface area contributed by atoms with Gasteiger partial charge in [-0.3, -0.25) is 4.99 Å². The summed E-state index contributed by atoms with van der Waals surface area (Å²) in [7, 11) is 1.74. The van der Waals surface area contributed by atoms with Gasteiger partial charge in [0, 0.05) is 37.9 Å². The molecule has 150 valence electrons. The van der Waals surface area contributed by atoms with E-state index in [9.17, 15) is 4.39 Å². The Morgan fingerprint density at radius 1 is 1.10 bits per heavy atom. The number of halogens is 1. The molecule has 1 aliphatic carbocycles. The van der Waals surface area contributed by atoms with Gasteiger partial charge in [0.15, 0.2) is 5.96 Å². The summed E-state index contributed by atoms with van der Waals surface area (Å²) in [5.74, 6) is 1.51. The molecule has 1 fully saturated rings. The highest BCUT2D eigenvalue weighted by Gasteiger charge is 2.45. The molecule has 1 heterocycles. The average Bonchev–Trinajstić information content (AvgIpc) is 3.41. The quantitative estimate of drug-likeness (QED) is 0.479. The van der Waals surface area contributed by atoms with Crippen LogP contribution >= 0.6 is 0 Å². The van der Waals surface area contributed by atoms with Crippen LogP contribution in [-0.4, -0.2) is 29.1 Å². The highest BCUT2D eigenvalue weighted by molar-refractivity contribution is 5.79. The van der Waals surface area contributed by atoms with Crippen molar-refractivity contribution < 1.29 is 4.39 Å². The van der Waals surface area contributed by atoms with Gasteiger partial charge in [-0.05, 0) is 30.0 Å².